The van der Waals surface area contributed by atoms with Crippen LogP contribution in [0.25, 0.3) is 0 Å². The standard InChI is InChI=1S/C18H30N2O/c1-3-21-18-14-15(2)6-7-17(18)16-8-12-20(13-9-16)11-5-4-10-19/h6-7,14,16H,3-5,8-13,19H2,1-2H3. The van der Waals surface area contributed by atoms with E-state index in [0.717, 1.165) is 25.3 Å². The molecule has 0 amide bonds. The van der Waals surface area contributed by atoms with E-state index >= 15 is 0 Å². The van der Waals surface area contributed by atoms with E-state index in [-0.39, 0.29) is 0 Å². The topological polar surface area (TPSA) is 38.5 Å². The summed E-state index contributed by atoms with van der Waals surface area (Å²) in [5, 5.41) is 0. The van der Waals surface area contributed by atoms with Crippen LogP contribution in [0.2, 0.25) is 0 Å². The SMILES string of the molecule is CCOc1cc(C)ccc1C1CCN(CCCCN)CC1. The van der Waals surface area contributed by atoms with E-state index in [1.165, 1.54) is 50.0 Å². The number of ether oxygens (including phenoxy) is 1. The lowest BCUT2D eigenvalue weighted by Gasteiger charge is -2.32. The number of aryl methyl sites for hydroxylation is 1. The summed E-state index contributed by atoms with van der Waals surface area (Å²) in [6, 6.07) is 6.67. The van der Waals surface area contributed by atoms with Gasteiger partial charge in [-0.2, -0.15) is 0 Å². The highest BCUT2D eigenvalue weighted by Gasteiger charge is 2.22. The molecule has 0 spiro atoms. The van der Waals surface area contributed by atoms with Crippen LogP contribution in [0.1, 0.15) is 49.7 Å². The van der Waals surface area contributed by atoms with Crippen molar-refractivity contribution in [1.82, 2.24) is 4.90 Å². The van der Waals surface area contributed by atoms with E-state index in [4.69, 9.17) is 10.5 Å². The second-order valence-corrected chi connectivity index (χ2v) is 6.09. The highest BCUT2D eigenvalue weighted by atomic mass is 16.5. The summed E-state index contributed by atoms with van der Waals surface area (Å²) in [5.41, 5.74) is 8.25. The Morgan fingerprint density at radius 1 is 1.24 bits per heavy atom. The van der Waals surface area contributed by atoms with Gasteiger partial charge >= 0.3 is 0 Å². The van der Waals surface area contributed by atoms with Crippen LogP contribution >= 0.6 is 0 Å². The van der Waals surface area contributed by atoms with Gasteiger partial charge in [-0.25, -0.2) is 0 Å². The molecule has 0 atom stereocenters. The molecule has 3 nitrogen and oxygen atoms in total. The third-order valence-electron chi connectivity index (χ3n) is 4.42. The van der Waals surface area contributed by atoms with Crippen LogP contribution in [0, 0.1) is 6.92 Å². The first-order chi connectivity index (χ1) is 10.2. The Balaban J connectivity index is 1.92. The van der Waals surface area contributed by atoms with Gasteiger partial charge in [-0.05, 0) is 88.8 Å². The molecule has 118 valence electrons. The van der Waals surface area contributed by atoms with Gasteiger partial charge in [0.2, 0.25) is 0 Å². The molecule has 0 unspecified atom stereocenters. The highest BCUT2D eigenvalue weighted by Crippen LogP contribution is 2.35. The van der Waals surface area contributed by atoms with E-state index in [1.54, 1.807) is 0 Å². The van der Waals surface area contributed by atoms with Crippen LogP contribution in [0.15, 0.2) is 18.2 Å². The first kappa shape index (κ1) is 16.3. The Kier molecular flexibility index (Phi) is 6.52. The van der Waals surface area contributed by atoms with Crippen molar-refractivity contribution >= 4 is 0 Å². The second kappa shape index (κ2) is 8.40. The van der Waals surface area contributed by atoms with Crippen LogP contribution in [0.3, 0.4) is 0 Å². The average molecular weight is 290 g/mol. The zero-order valence-corrected chi connectivity index (χ0v) is 13.6. The number of likely N-dealkylation sites (tertiary alicyclic amines) is 1. The first-order valence-corrected chi connectivity index (χ1v) is 8.40. The van der Waals surface area contributed by atoms with Gasteiger partial charge in [0.25, 0.3) is 0 Å². The smallest absolute Gasteiger partial charge is 0.123 e. The fourth-order valence-electron chi connectivity index (χ4n) is 3.21. The van der Waals surface area contributed by atoms with Crippen LogP contribution in [-0.4, -0.2) is 37.7 Å². The van der Waals surface area contributed by atoms with Crippen molar-refractivity contribution in [2.45, 2.75) is 45.4 Å². The molecule has 2 N–H and O–H groups in total. The number of nitrogens with zero attached hydrogens (tertiary/aromatic N) is 1. The number of piperidine rings is 1. The fourth-order valence-corrected chi connectivity index (χ4v) is 3.21. The molecule has 0 aromatic heterocycles. The third kappa shape index (κ3) is 4.72. The molecule has 1 aliphatic heterocycles. The maximum absolute atomic E-state index is 5.85. The molecule has 3 heteroatoms. The monoisotopic (exact) mass is 290 g/mol. The van der Waals surface area contributed by atoms with Crippen LogP contribution < -0.4 is 10.5 Å². The highest BCUT2D eigenvalue weighted by molar-refractivity contribution is 5.39. The minimum Gasteiger partial charge on any atom is -0.494 e. The molecule has 1 aromatic carbocycles. The summed E-state index contributed by atoms with van der Waals surface area (Å²) in [7, 11) is 0. The molecule has 21 heavy (non-hydrogen) atoms. The number of hydrogen-bond donors (Lipinski definition) is 1. The van der Waals surface area contributed by atoms with Gasteiger partial charge in [0, 0.05) is 0 Å². The molecule has 1 heterocycles. The summed E-state index contributed by atoms with van der Waals surface area (Å²) in [6.07, 6.45) is 4.86. The lowest BCUT2D eigenvalue weighted by atomic mass is 9.88. The molecular weight excluding hydrogens is 260 g/mol. The summed E-state index contributed by atoms with van der Waals surface area (Å²) in [5.74, 6) is 1.75. The van der Waals surface area contributed by atoms with E-state index in [2.05, 4.69) is 36.9 Å². The molecular formula is C18H30N2O. The van der Waals surface area contributed by atoms with Crippen molar-refractivity contribution in [1.29, 1.82) is 0 Å². The number of nitrogens with two attached hydrogens (primary N) is 1. The van der Waals surface area contributed by atoms with Gasteiger partial charge < -0.3 is 15.4 Å². The zero-order chi connectivity index (χ0) is 15.1. The summed E-state index contributed by atoms with van der Waals surface area (Å²) in [6.45, 7) is 9.37. The number of hydrogen-bond acceptors (Lipinski definition) is 3. The molecule has 1 fully saturated rings. The number of rotatable bonds is 7. The van der Waals surface area contributed by atoms with E-state index in [1.807, 2.05) is 0 Å². The predicted molar refractivity (Wildman–Crippen MR) is 89.1 cm³/mol. The average Bonchev–Trinajstić information content (AvgIpc) is 2.49. The van der Waals surface area contributed by atoms with Crippen molar-refractivity contribution in [3.63, 3.8) is 0 Å². The van der Waals surface area contributed by atoms with Crippen LogP contribution in [0.5, 0.6) is 5.75 Å². The zero-order valence-electron chi connectivity index (χ0n) is 13.6. The molecule has 1 saturated heterocycles. The first-order valence-electron chi connectivity index (χ1n) is 8.40. The molecule has 2 rings (SSSR count). The van der Waals surface area contributed by atoms with Crippen molar-refractivity contribution < 1.29 is 4.74 Å². The normalized spacial score (nSPS) is 17.1. The largest absolute Gasteiger partial charge is 0.494 e. The minimum absolute atomic E-state index is 0.651. The van der Waals surface area contributed by atoms with Gasteiger partial charge in [-0.15, -0.1) is 0 Å². The van der Waals surface area contributed by atoms with E-state index in [9.17, 15) is 0 Å². The lowest BCUT2D eigenvalue weighted by molar-refractivity contribution is 0.207. The Bertz CT molecular complexity index is 425. The van der Waals surface area contributed by atoms with Crippen molar-refractivity contribution in [2.75, 3.05) is 32.8 Å². The van der Waals surface area contributed by atoms with Gasteiger partial charge in [-0.3, -0.25) is 0 Å². The second-order valence-electron chi connectivity index (χ2n) is 6.09. The Hall–Kier alpha value is -1.06. The van der Waals surface area contributed by atoms with Crippen molar-refractivity contribution in [3.05, 3.63) is 29.3 Å². The lowest BCUT2D eigenvalue weighted by Crippen LogP contribution is -2.34. The maximum Gasteiger partial charge on any atom is 0.123 e. The van der Waals surface area contributed by atoms with Crippen molar-refractivity contribution in [3.8, 4) is 5.75 Å². The Morgan fingerprint density at radius 2 is 2.00 bits per heavy atom. The molecule has 0 saturated carbocycles. The molecule has 0 bridgehead atoms. The van der Waals surface area contributed by atoms with Gasteiger partial charge in [0.15, 0.2) is 0 Å². The number of unbranched alkanes of at least 4 members (excludes halogenated alkanes) is 1. The molecule has 0 radical (unpaired) electrons. The van der Waals surface area contributed by atoms with Gasteiger partial charge in [0.1, 0.15) is 5.75 Å². The summed E-state index contributed by atoms with van der Waals surface area (Å²) in [4.78, 5) is 2.58. The van der Waals surface area contributed by atoms with Gasteiger partial charge in [-0.1, -0.05) is 12.1 Å². The molecule has 1 aromatic rings. The Morgan fingerprint density at radius 3 is 2.67 bits per heavy atom. The van der Waals surface area contributed by atoms with Gasteiger partial charge in [0.05, 0.1) is 6.61 Å². The minimum atomic E-state index is 0.651. The molecule has 1 aliphatic rings. The third-order valence-corrected chi connectivity index (χ3v) is 4.42. The summed E-state index contributed by atoms with van der Waals surface area (Å²) < 4.78 is 5.85. The predicted octanol–water partition coefficient (Wildman–Crippen LogP) is 3.31. The maximum atomic E-state index is 5.85. The van der Waals surface area contributed by atoms with E-state index < -0.39 is 0 Å². The Labute approximate surface area is 129 Å². The quantitative estimate of drug-likeness (QED) is 0.783. The number of benzene rings is 1. The fraction of sp³-hybridized carbons (Fsp3) is 0.667. The summed E-state index contributed by atoms with van der Waals surface area (Å²) >= 11 is 0. The van der Waals surface area contributed by atoms with E-state index in [0.29, 0.717) is 5.92 Å². The van der Waals surface area contributed by atoms with Crippen LogP contribution in [0.4, 0.5) is 0 Å². The van der Waals surface area contributed by atoms with Crippen LogP contribution in [-0.2, 0) is 0 Å². The van der Waals surface area contributed by atoms with Crippen molar-refractivity contribution in [2.24, 2.45) is 5.73 Å². The molecule has 0 aliphatic carbocycles.